The molecule has 9 nitrogen and oxygen atoms in total. The quantitative estimate of drug-likeness (QED) is 0.196. The Labute approximate surface area is 149 Å². The normalized spacial score (nSPS) is 11.8. The number of ether oxygens (including phenoxy) is 2. The van der Waals surface area contributed by atoms with Crippen molar-refractivity contribution < 1.29 is 29.0 Å². The zero-order valence-corrected chi connectivity index (χ0v) is 16.1. The predicted octanol–water partition coefficient (Wildman–Crippen LogP) is 2.11. The summed E-state index contributed by atoms with van der Waals surface area (Å²) in [5.41, 5.74) is 0.0417. The standard InChI is InChI=1S/C11H20N2O6.C5H12O/c1-9(2)6-10(12-8-14)7-18-11(15)4-3-5-19-13(16)17;1-5(2,3)6-4/h8-10H,3-7H2,1-2H3,(H,12,14);1-4H3. The second-order valence-corrected chi connectivity index (χ2v) is 6.77. The smallest absolute Gasteiger partial charge is 0.305 e. The molecule has 0 aromatic carbocycles. The molecule has 0 saturated heterocycles. The lowest BCUT2D eigenvalue weighted by molar-refractivity contribution is -0.757. The first-order chi connectivity index (χ1) is 11.5. The van der Waals surface area contributed by atoms with Crippen LogP contribution in [0.1, 0.15) is 53.9 Å². The van der Waals surface area contributed by atoms with Crippen LogP contribution in [0.25, 0.3) is 0 Å². The van der Waals surface area contributed by atoms with Crippen LogP contribution in [0.15, 0.2) is 0 Å². The molecule has 9 heteroatoms. The van der Waals surface area contributed by atoms with Crippen molar-refractivity contribution in [2.24, 2.45) is 5.92 Å². The third kappa shape index (κ3) is 22.1. The Hall–Kier alpha value is -1.90. The highest BCUT2D eigenvalue weighted by atomic mass is 16.9. The van der Waals surface area contributed by atoms with E-state index in [1.165, 1.54) is 0 Å². The number of nitrogens with one attached hydrogen (secondary N) is 1. The van der Waals surface area contributed by atoms with E-state index in [1.807, 2.05) is 34.6 Å². The number of carbonyl (C=O) groups is 2. The number of esters is 1. The molecular formula is C16H32N2O7. The highest BCUT2D eigenvalue weighted by Crippen LogP contribution is 2.05. The molecule has 0 aliphatic carbocycles. The lowest BCUT2D eigenvalue weighted by Crippen LogP contribution is -2.34. The molecule has 0 aliphatic heterocycles. The minimum absolute atomic E-state index is 0.0417. The van der Waals surface area contributed by atoms with E-state index in [1.54, 1.807) is 7.11 Å². The number of nitrogens with zero attached hydrogens (tertiary/aromatic N) is 1. The van der Waals surface area contributed by atoms with Crippen molar-refractivity contribution in [2.45, 2.75) is 65.5 Å². The van der Waals surface area contributed by atoms with Gasteiger partial charge in [-0.2, -0.15) is 0 Å². The van der Waals surface area contributed by atoms with Crippen LogP contribution in [0.3, 0.4) is 0 Å². The van der Waals surface area contributed by atoms with Crippen molar-refractivity contribution in [1.29, 1.82) is 0 Å². The fraction of sp³-hybridized carbons (Fsp3) is 0.875. The van der Waals surface area contributed by atoms with Crippen LogP contribution in [0.4, 0.5) is 0 Å². The lowest BCUT2D eigenvalue weighted by Gasteiger charge is -2.18. The van der Waals surface area contributed by atoms with Gasteiger partial charge in [-0.25, -0.2) is 0 Å². The SMILES string of the molecule is CC(C)CC(COC(=O)CCCO[N+](=O)[O-])NC=O.COC(C)(C)C. The van der Waals surface area contributed by atoms with E-state index in [-0.39, 0.29) is 37.7 Å². The maximum atomic E-state index is 11.3. The van der Waals surface area contributed by atoms with Crippen LogP contribution < -0.4 is 5.32 Å². The Morgan fingerprint density at radius 3 is 2.28 bits per heavy atom. The minimum atomic E-state index is -0.905. The van der Waals surface area contributed by atoms with Crippen LogP contribution in [0.5, 0.6) is 0 Å². The first-order valence-corrected chi connectivity index (χ1v) is 8.19. The van der Waals surface area contributed by atoms with Crippen LogP contribution in [0.2, 0.25) is 0 Å². The minimum Gasteiger partial charge on any atom is -0.463 e. The van der Waals surface area contributed by atoms with E-state index in [2.05, 4.69) is 10.2 Å². The molecule has 1 amide bonds. The van der Waals surface area contributed by atoms with Gasteiger partial charge in [0.15, 0.2) is 0 Å². The van der Waals surface area contributed by atoms with Crippen molar-refractivity contribution in [3.8, 4) is 0 Å². The number of carbonyl (C=O) groups excluding carboxylic acids is 2. The van der Waals surface area contributed by atoms with Gasteiger partial charge in [-0.05, 0) is 39.5 Å². The summed E-state index contributed by atoms with van der Waals surface area (Å²) in [6, 6.07) is -0.212. The molecule has 148 valence electrons. The van der Waals surface area contributed by atoms with Crippen molar-refractivity contribution in [2.75, 3.05) is 20.3 Å². The maximum Gasteiger partial charge on any atom is 0.305 e. The van der Waals surface area contributed by atoms with Gasteiger partial charge in [0.1, 0.15) is 6.61 Å². The molecule has 0 bridgehead atoms. The Bertz CT molecular complexity index is 381. The van der Waals surface area contributed by atoms with Gasteiger partial charge in [0, 0.05) is 13.5 Å². The maximum absolute atomic E-state index is 11.3. The third-order valence-electron chi connectivity index (χ3n) is 2.84. The highest BCUT2D eigenvalue weighted by molar-refractivity contribution is 5.69. The topological polar surface area (TPSA) is 117 Å². The number of methoxy groups -OCH3 is 1. The molecule has 0 rings (SSSR count). The molecule has 0 aromatic rings. The van der Waals surface area contributed by atoms with E-state index in [0.717, 1.165) is 0 Å². The third-order valence-corrected chi connectivity index (χ3v) is 2.84. The summed E-state index contributed by atoms with van der Waals surface area (Å²) in [6.45, 7) is 10.0. The van der Waals surface area contributed by atoms with Crippen molar-refractivity contribution in [3.05, 3.63) is 10.1 Å². The Morgan fingerprint density at radius 2 is 1.88 bits per heavy atom. The average molecular weight is 364 g/mol. The molecule has 0 saturated carbocycles. The molecule has 0 heterocycles. The summed E-state index contributed by atoms with van der Waals surface area (Å²) in [4.78, 5) is 35.6. The molecule has 1 N–H and O–H groups in total. The van der Waals surface area contributed by atoms with Crippen LogP contribution >= 0.6 is 0 Å². The molecule has 0 spiro atoms. The second kappa shape index (κ2) is 14.4. The van der Waals surface area contributed by atoms with Gasteiger partial charge in [-0.1, -0.05) is 13.8 Å². The molecule has 0 radical (unpaired) electrons. The summed E-state index contributed by atoms with van der Waals surface area (Å²) in [5, 5.41) is 11.5. The largest absolute Gasteiger partial charge is 0.463 e. The molecule has 1 unspecified atom stereocenters. The predicted molar refractivity (Wildman–Crippen MR) is 92.3 cm³/mol. The van der Waals surface area contributed by atoms with E-state index < -0.39 is 11.1 Å². The van der Waals surface area contributed by atoms with E-state index in [0.29, 0.717) is 18.7 Å². The number of hydrogen-bond acceptors (Lipinski definition) is 7. The first-order valence-electron chi connectivity index (χ1n) is 8.19. The van der Waals surface area contributed by atoms with E-state index in [4.69, 9.17) is 9.47 Å². The Kier molecular flexibility index (Phi) is 14.6. The number of rotatable bonds is 11. The van der Waals surface area contributed by atoms with Crippen molar-refractivity contribution in [1.82, 2.24) is 5.32 Å². The van der Waals surface area contributed by atoms with Crippen molar-refractivity contribution >= 4 is 12.4 Å². The van der Waals surface area contributed by atoms with Gasteiger partial charge in [0.05, 0.1) is 18.2 Å². The zero-order valence-electron chi connectivity index (χ0n) is 16.1. The van der Waals surface area contributed by atoms with Crippen LogP contribution in [-0.2, 0) is 23.9 Å². The molecule has 1 atom stereocenters. The average Bonchev–Trinajstić information content (AvgIpc) is 2.48. The molecule has 0 aliphatic rings. The summed E-state index contributed by atoms with van der Waals surface area (Å²) >= 11 is 0. The van der Waals surface area contributed by atoms with Gasteiger partial charge in [-0.3, -0.25) is 9.59 Å². The lowest BCUT2D eigenvalue weighted by atomic mass is 10.0. The Morgan fingerprint density at radius 1 is 1.32 bits per heavy atom. The van der Waals surface area contributed by atoms with Gasteiger partial charge in [-0.15, -0.1) is 10.1 Å². The zero-order chi connectivity index (χ0) is 19.9. The summed E-state index contributed by atoms with van der Waals surface area (Å²) < 4.78 is 9.92. The monoisotopic (exact) mass is 364 g/mol. The summed E-state index contributed by atoms with van der Waals surface area (Å²) in [6.07, 6.45) is 1.54. The van der Waals surface area contributed by atoms with E-state index in [9.17, 15) is 19.7 Å². The summed E-state index contributed by atoms with van der Waals surface area (Å²) in [7, 11) is 1.71. The van der Waals surface area contributed by atoms with Gasteiger partial charge in [0.2, 0.25) is 6.41 Å². The van der Waals surface area contributed by atoms with E-state index >= 15 is 0 Å². The Balaban J connectivity index is 0. The highest BCUT2D eigenvalue weighted by Gasteiger charge is 2.13. The summed E-state index contributed by atoms with van der Waals surface area (Å²) in [5.74, 6) is -0.0990. The first kappa shape index (κ1) is 25.3. The van der Waals surface area contributed by atoms with Gasteiger partial charge >= 0.3 is 5.97 Å². The van der Waals surface area contributed by atoms with Crippen molar-refractivity contribution in [3.63, 3.8) is 0 Å². The number of amides is 1. The fourth-order valence-corrected chi connectivity index (χ4v) is 1.47. The molecule has 25 heavy (non-hydrogen) atoms. The molecule has 0 aromatic heterocycles. The molecule has 0 fully saturated rings. The van der Waals surface area contributed by atoms with Crippen LogP contribution in [0, 0.1) is 16.0 Å². The van der Waals surface area contributed by atoms with Gasteiger partial charge in [0.25, 0.3) is 5.09 Å². The second-order valence-electron chi connectivity index (χ2n) is 6.77. The van der Waals surface area contributed by atoms with Crippen LogP contribution in [-0.4, -0.2) is 49.4 Å². The number of hydrogen-bond donors (Lipinski definition) is 1. The molecular weight excluding hydrogens is 332 g/mol. The fourth-order valence-electron chi connectivity index (χ4n) is 1.47. The van der Waals surface area contributed by atoms with Gasteiger partial charge < -0.3 is 19.6 Å².